The highest BCUT2D eigenvalue weighted by atomic mass is 16.2. The Morgan fingerprint density at radius 3 is 2.86 bits per heavy atom. The predicted molar refractivity (Wildman–Crippen MR) is 135 cm³/mol. The van der Waals surface area contributed by atoms with E-state index >= 15 is 0 Å². The summed E-state index contributed by atoms with van der Waals surface area (Å²) in [5, 5.41) is 3.00. The fraction of sp³-hybridized carbons (Fsp3) is 0.643. The Morgan fingerprint density at radius 2 is 2.06 bits per heavy atom. The van der Waals surface area contributed by atoms with Crippen molar-refractivity contribution in [1.82, 2.24) is 19.9 Å². The number of hydrogen-bond donors (Lipinski definition) is 2. The second kappa shape index (κ2) is 7.90. The summed E-state index contributed by atoms with van der Waals surface area (Å²) < 4.78 is 0. The SMILES string of the molecule is CC1=C2N(C)C(=O)CCC2(C)C2CCC3(C)C(CC(=O)Nc4nc5ncccc5[nH]4)CCC3C2C1. The average molecular weight is 476 g/mol. The Hall–Kier alpha value is -2.70. The number of allylic oxidation sites excluding steroid dienone is 2. The molecule has 6 rings (SSSR count). The van der Waals surface area contributed by atoms with Crippen LogP contribution in [0.3, 0.4) is 0 Å². The van der Waals surface area contributed by atoms with Gasteiger partial charge in [0.25, 0.3) is 0 Å². The van der Waals surface area contributed by atoms with Crippen molar-refractivity contribution in [2.75, 3.05) is 12.4 Å². The number of amides is 2. The summed E-state index contributed by atoms with van der Waals surface area (Å²) in [6.45, 7) is 7.14. The van der Waals surface area contributed by atoms with E-state index in [0.29, 0.717) is 48.1 Å². The van der Waals surface area contributed by atoms with Gasteiger partial charge >= 0.3 is 0 Å². The molecule has 0 radical (unpaired) electrons. The number of anilines is 1. The summed E-state index contributed by atoms with van der Waals surface area (Å²) in [4.78, 5) is 39.4. The molecule has 2 aromatic rings. The van der Waals surface area contributed by atoms with Crippen molar-refractivity contribution in [1.29, 1.82) is 0 Å². The van der Waals surface area contributed by atoms with Crippen LogP contribution in [-0.2, 0) is 9.59 Å². The summed E-state index contributed by atoms with van der Waals surface area (Å²) in [7, 11) is 1.98. The molecular formula is C28H37N5O2. The summed E-state index contributed by atoms with van der Waals surface area (Å²) in [6, 6.07) is 3.77. The molecule has 3 aliphatic carbocycles. The summed E-state index contributed by atoms with van der Waals surface area (Å²) in [6.07, 6.45) is 9.68. The van der Waals surface area contributed by atoms with E-state index in [1.165, 1.54) is 30.5 Å². The molecule has 1 aliphatic heterocycles. The van der Waals surface area contributed by atoms with E-state index in [4.69, 9.17) is 0 Å². The van der Waals surface area contributed by atoms with Gasteiger partial charge in [0.15, 0.2) is 5.65 Å². The van der Waals surface area contributed by atoms with E-state index in [-0.39, 0.29) is 22.6 Å². The molecule has 0 spiro atoms. The van der Waals surface area contributed by atoms with Gasteiger partial charge in [0.05, 0.1) is 5.52 Å². The molecule has 1 saturated heterocycles. The number of nitrogens with one attached hydrogen (secondary N) is 2. The zero-order chi connectivity index (χ0) is 24.5. The molecule has 0 aromatic carbocycles. The Kier molecular flexibility index (Phi) is 5.14. The van der Waals surface area contributed by atoms with Crippen LogP contribution < -0.4 is 5.32 Å². The number of nitrogens with zero attached hydrogens (tertiary/aromatic N) is 3. The Labute approximate surface area is 207 Å². The van der Waals surface area contributed by atoms with Crippen molar-refractivity contribution in [2.45, 2.75) is 72.1 Å². The fourth-order valence-electron chi connectivity index (χ4n) is 8.86. The first-order valence-electron chi connectivity index (χ1n) is 13.3. The minimum Gasteiger partial charge on any atom is -0.322 e. The lowest BCUT2D eigenvalue weighted by molar-refractivity contribution is -0.136. The van der Waals surface area contributed by atoms with E-state index in [1.54, 1.807) is 6.20 Å². The van der Waals surface area contributed by atoms with E-state index in [1.807, 2.05) is 24.1 Å². The molecule has 4 aliphatic rings. The highest BCUT2D eigenvalue weighted by molar-refractivity contribution is 5.90. The fourth-order valence-corrected chi connectivity index (χ4v) is 8.86. The first kappa shape index (κ1) is 22.7. The smallest absolute Gasteiger partial charge is 0.226 e. The summed E-state index contributed by atoms with van der Waals surface area (Å²) in [5.74, 6) is 3.11. The maximum Gasteiger partial charge on any atom is 0.226 e. The van der Waals surface area contributed by atoms with Gasteiger partial charge in [-0.3, -0.25) is 14.9 Å². The largest absolute Gasteiger partial charge is 0.322 e. The number of likely N-dealkylation sites (tertiary alicyclic amines) is 1. The Bertz CT molecular complexity index is 1200. The average Bonchev–Trinajstić information content (AvgIpc) is 3.37. The molecule has 2 amide bonds. The Morgan fingerprint density at radius 1 is 1.23 bits per heavy atom. The lowest BCUT2D eigenvalue weighted by Gasteiger charge is -2.59. The zero-order valence-corrected chi connectivity index (χ0v) is 21.4. The van der Waals surface area contributed by atoms with Gasteiger partial charge in [-0.05, 0) is 86.7 Å². The van der Waals surface area contributed by atoms with Gasteiger partial charge in [-0.2, -0.15) is 4.98 Å². The number of fused-ring (bicyclic) bond motifs is 6. The molecule has 2 saturated carbocycles. The molecular weight excluding hydrogens is 438 g/mol. The Balaban J connectivity index is 1.20. The minimum atomic E-state index is 0.0411. The third-order valence-corrected chi connectivity index (χ3v) is 10.5. The second-order valence-corrected chi connectivity index (χ2v) is 12.1. The van der Waals surface area contributed by atoms with Gasteiger partial charge in [-0.15, -0.1) is 0 Å². The quantitative estimate of drug-likeness (QED) is 0.632. The van der Waals surface area contributed by atoms with Crippen LogP contribution in [0.1, 0.15) is 72.1 Å². The van der Waals surface area contributed by atoms with Crippen molar-refractivity contribution in [2.24, 2.45) is 34.5 Å². The van der Waals surface area contributed by atoms with Crippen LogP contribution in [-0.4, -0.2) is 38.7 Å². The molecule has 7 heteroatoms. The molecule has 6 unspecified atom stereocenters. The van der Waals surface area contributed by atoms with E-state index in [0.717, 1.165) is 24.8 Å². The van der Waals surface area contributed by atoms with Crippen molar-refractivity contribution in [3.8, 4) is 0 Å². The summed E-state index contributed by atoms with van der Waals surface area (Å²) in [5.41, 5.74) is 4.47. The van der Waals surface area contributed by atoms with Crippen LogP contribution in [0, 0.1) is 34.5 Å². The number of carbonyl (C=O) groups is 2. The highest BCUT2D eigenvalue weighted by Gasteiger charge is 2.60. The monoisotopic (exact) mass is 475 g/mol. The highest BCUT2D eigenvalue weighted by Crippen LogP contribution is 2.67. The topological polar surface area (TPSA) is 91.0 Å². The van der Waals surface area contributed by atoms with E-state index < -0.39 is 0 Å². The number of piperidine rings is 1. The van der Waals surface area contributed by atoms with Gasteiger partial charge in [0, 0.05) is 37.2 Å². The maximum atomic E-state index is 13.1. The van der Waals surface area contributed by atoms with Crippen molar-refractivity contribution in [3.05, 3.63) is 29.6 Å². The predicted octanol–water partition coefficient (Wildman–Crippen LogP) is 5.28. The molecule has 0 bridgehead atoms. The van der Waals surface area contributed by atoms with Crippen LogP contribution in [0.2, 0.25) is 0 Å². The van der Waals surface area contributed by atoms with Gasteiger partial charge in [-0.1, -0.05) is 19.4 Å². The molecule has 186 valence electrons. The summed E-state index contributed by atoms with van der Waals surface area (Å²) >= 11 is 0. The molecule has 6 atom stereocenters. The van der Waals surface area contributed by atoms with E-state index in [9.17, 15) is 9.59 Å². The van der Waals surface area contributed by atoms with Crippen molar-refractivity contribution in [3.63, 3.8) is 0 Å². The maximum absolute atomic E-state index is 13.1. The number of aromatic nitrogens is 3. The van der Waals surface area contributed by atoms with Crippen molar-refractivity contribution < 1.29 is 9.59 Å². The van der Waals surface area contributed by atoms with E-state index in [2.05, 4.69) is 41.0 Å². The lowest BCUT2D eigenvalue weighted by Crippen LogP contribution is -2.54. The van der Waals surface area contributed by atoms with Crippen LogP contribution in [0.15, 0.2) is 29.6 Å². The molecule has 35 heavy (non-hydrogen) atoms. The van der Waals surface area contributed by atoms with Gasteiger partial charge in [0.1, 0.15) is 0 Å². The van der Waals surface area contributed by atoms with Crippen LogP contribution in [0.25, 0.3) is 11.2 Å². The van der Waals surface area contributed by atoms with Crippen LogP contribution in [0.4, 0.5) is 5.95 Å². The zero-order valence-electron chi connectivity index (χ0n) is 21.4. The number of carbonyl (C=O) groups excluding carboxylic acids is 2. The van der Waals surface area contributed by atoms with Gasteiger partial charge < -0.3 is 9.88 Å². The number of H-pyrrole nitrogens is 1. The first-order valence-corrected chi connectivity index (χ1v) is 13.3. The lowest BCUT2D eigenvalue weighted by atomic mass is 9.48. The second-order valence-electron chi connectivity index (χ2n) is 12.1. The molecule has 3 heterocycles. The number of rotatable bonds is 3. The molecule has 2 aromatic heterocycles. The standard InChI is InChI=1S/C28H37N5O2/c1-16-14-18-19-8-7-17(15-22(34)31-26-30-21-6-5-13-29-25(21)32-26)27(19,2)11-9-20(18)28(3)12-10-23(35)33(4)24(16)28/h5-6,13,17-20H,7-12,14-15H2,1-4H3,(H2,29,30,31,32,34). The van der Waals surface area contributed by atoms with Crippen LogP contribution in [0.5, 0.6) is 0 Å². The first-order chi connectivity index (χ1) is 16.7. The van der Waals surface area contributed by atoms with Gasteiger partial charge in [-0.25, -0.2) is 4.98 Å². The third kappa shape index (κ3) is 3.37. The minimum absolute atomic E-state index is 0.0411. The number of pyridine rings is 1. The number of imidazole rings is 1. The van der Waals surface area contributed by atoms with Crippen LogP contribution >= 0.6 is 0 Å². The molecule has 3 fully saturated rings. The number of aromatic amines is 1. The molecule has 7 nitrogen and oxygen atoms in total. The normalized spacial score (nSPS) is 36.7. The van der Waals surface area contributed by atoms with Crippen molar-refractivity contribution >= 4 is 28.9 Å². The third-order valence-electron chi connectivity index (χ3n) is 10.5. The number of hydrogen-bond acceptors (Lipinski definition) is 4. The molecule has 2 N–H and O–H groups in total. The van der Waals surface area contributed by atoms with Gasteiger partial charge in [0.2, 0.25) is 17.8 Å².